The molecule has 0 bridgehead atoms. The van der Waals surface area contributed by atoms with Gasteiger partial charge in [0.25, 0.3) is 5.91 Å². The van der Waals surface area contributed by atoms with Gasteiger partial charge in [0.2, 0.25) is 0 Å². The van der Waals surface area contributed by atoms with Crippen molar-refractivity contribution in [1.82, 2.24) is 0 Å². The van der Waals surface area contributed by atoms with E-state index in [1.807, 2.05) is 13.8 Å². The smallest absolute Gasteiger partial charge is 0.338 e. The Morgan fingerprint density at radius 1 is 1.00 bits per heavy atom. The molecular weight excluding hydrogens is 374 g/mol. The number of benzene rings is 2. The SMILES string of the molecule is CC(C)OCc1ccc(C(=O)O[C@@H](C)C(=O)Nc2ccc3c(c2)OCCO3)cc1. The van der Waals surface area contributed by atoms with Gasteiger partial charge in [0.1, 0.15) is 13.2 Å². The number of amides is 1. The Labute approximate surface area is 169 Å². The lowest BCUT2D eigenvalue weighted by molar-refractivity contribution is -0.123. The van der Waals surface area contributed by atoms with Crippen LogP contribution in [0.25, 0.3) is 0 Å². The van der Waals surface area contributed by atoms with E-state index in [0.29, 0.717) is 42.6 Å². The molecule has 0 unspecified atom stereocenters. The molecule has 2 aromatic rings. The third-order valence-electron chi connectivity index (χ3n) is 4.24. The molecule has 1 amide bonds. The van der Waals surface area contributed by atoms with Gasteiger partial charge < -0.3 is 24.3 Å². The van der Waals surface area contributed by atoms with Crippen molar-refractivity contribution >= 4 is 17.6 Å². The summed E-state index contributed by atoms with van der Waals surface area (Å²) < 4.78 is 21.8. The Kier molecular flexibility index (Phi) is 6.72. The highest BCUT2D eigenvalue weighted by molar-refractivity contribution is 5.97. The fraction of sp³-hybridized carbons (Fsp3) is 0.364. The minimum Gasteiger partial charge on any atom is -0.486 e. The van der Waals surface area contributed by atoms with E-state index >= 15 is 0 Å². The van der Waals surface area contributed by atoms with Crippen molar-refractivity contribution in [3.05, 3.63) is 53.6 Å². The van der Waals surface area contributed by atoms with Crippen molar-refractivity contribution in [2.75, 3.05) is 18.5 Å². The van der Waals surface area contributed by atoms with E-state index in [9.17, 15) is 9.59 Å². The van der Waals surface area contributed by atoms with E-state index in [1.165, 1.54) is 6.92 Å². The van der Waals surface area contributed by atoms with Gasteiger partial charge in [0, 0.05) is 11.8 Å². The predicted molar refractivity (Wildman–Crippen MR) is 107 cm³/mol. The summed E-state index contributed by atoms with van der Waals surface area (Å²) in [6.45, 7) is 6.88. The molecule has 0 saturated carbocycles. The highest BCUT2D eigenvalue weighted by atomic mass is 16.6. The second-order valence-corrected chi connectivity index (χ2v) is 6.95. The Balaban J connectivity index is 1.54. The van der Waals surface area contributed by atoms with Gasteiger partial charge in [-0.2, -0.15) is 0 Å². The molecule has 3 rings (SSSR count). The van der Waals surface area contributed by atoms with E-state index in [1.54, 1.807) is 42.5 Å². The zero-order chi connectivity index (χ0) is 20.8. The molecule has 0 aromatic heterocycles. The number of fused-ring (bicyclic) bond motifs is 1. The summed E-state index contributed by atoms with van der Waals surface area (Å²) in [5.74, 6) is 0.208. The fourth-order valence-corrected chi connectivity index (χ4v) is 2.65. The van der Waals surface area contributed by atoms with Crippen molar-refractivity contribution in [1.29, 1.82) is 0 Å². The molecule has 154 valence electrons. The molecule has 7 heteroatoms. The molecule has 7 nitrogen and oxygen atoms in total. The average molecular weight is 399 g/mol. The Morgan fingerprint density at radius 2 is 1.69 bits per heavy atom. The maximum Gasteiger partial charge on any atom is 0.338 e. The lowest BCUT2D eigenvalue weighted by Crippen LogP contribution is -2.30. The molecule has 0 aliphatic carbocycles. The van der Waals surface area contributed by atoms with Gasteiger partial charge >= 0.3 is 5.97 Å². The largest absolute Gasteiger partial charge is 0.486 e. The van der Waals surface area contributed by atoms with Gasteiger partial charge in [-0.25, -0.2) is 4.79 Å². The first-order valence-electron chi connectivity index (χ1n) is 9.54. The van der Waals surface area contributed by atoms with Gasteiger partial charge in [0.05, 0.1) is 18.3 Å². The number of hydrogen-bond donors (Lipinski definition) is 1. The van der Waals surface area contributed by atoms with E-state index in [-0.39, 0.29) is 6.10 Å². The van der Waals surface area contributed by atoms with Crippen LogP contribution in [0.5, 0.6) is 11.5 Å². The Bertz CT molecular complexity index is 862. The first-order valence-corrected chi connectivity index (χ1v) is 9.54. The highest BCUT2D eigenvalue weighted by Crippen LogP contribution is 2.32. The highest BCUT2D eigenvalue weighted by Gasteiger charge is 2.20. The van der Waals surface area contributed by atoms with Crippen LogP contribution in [0.1, 0.15) is 36.7 Å². The number of nitrogens with one attached hydrogen (secondary N) is 1. The van der Waals surface area contributed by atoms with Gasteiger partial charge in [-0.3, -0.25) is 4.79 Å². The summed E-state index contributed by atoms with van der Waals surface area (Å²) in [4.78, 5) is 24.7. The molecule has 0 spiro atoms. The second-order valence-electron chi connectivity index (χ2n) is 6.95. The zero-order valence-electron chi connectivity index (χ0n) is 16.8. The topological polar surface area (TPSA) is 83.1 Å². The van der Waals surface area contributed by atoms with E-state index < -0.39 is 18.0 Å². The number of carbonyl (C=O) groups is 2. The minimum atomic E-state index is -0.959. The zero-order valence-corrected chi connectivity index (χ0v) is 16.8. The molecule has 1 aliphatic heterocycles. The van der Waals surface area contributed by atoms with Gasteiger partial charge in [-0.1, -0.05) is 12.1 Å². The van der Waals surface area contributed by atoms with E-state index in [0.717, 1.165) is 5.56 Å². The molecule has 1 N–H and O–H groups in total. The van der Waals surface area contributed by atoms with Crippen LogP contribution in [0.3, 0.4) is 0 Å². The summed E-state index contributed by atoms with van der Waals surface area (Å²) >= 11 is 0. The molecule has 1 aliphatic rings. The van der Waals surface area contributed by atoms with Crippen LogP contribution in [0.2, 0.25) is 0 Å². The third-order valence-corrected chi connectivity index (χ3v) is 4.24. The van der Waals surface area contributed by atoms with E-state index in [4.69, 9.17) is 18.9 Å². The van der Waals surface area contributed by atoms with Gasteiger partial charge in [0.15, 0.2) is 17.6 Å². The lowest BCUT2D eigenvalue weighted by atomic mass is 10.1. The van der Waals surface area contributed by atoms with Crippen LogP contribution in [-0.2, 0) is 20.9 Å². The normalized spacial score (nSPS) is 13.7. The standard InChI is InChI=1S/C22H25NO6/c1-14(2)28-13-16-4-6-17(7-5-16)22(25)29-15(3)21(24)23-18-8-9-19-20(12-18)27-11-10-26-19/h4-9,12,14-15H,10-11,13H2,1-3H3,(H,23,24)/t15-/m0/s1. The maximum absolute atomic E-state index is 12.4. The second kappa shape index (κ2) is 9.43. The summed E-state index contributed by atoms with van der Waals surface area (Å²) in [5.41, 5.74) is 1.87. The van der Waals surface area contributed by atoms with Crippen LogP contribution in [0, 0.1) is 0 Å². The van der Waals surface area contributed by atoms with Crippen molar-refractivity contribution in [3.63, 3.8) is 0 Å². The quantitative estimate of drug-likeness (QED) is 0.717. The number of esters is 1. The van der Waals surface area contributed by atoms with Crippen molar-refractivity contribution in [2.24, 2.45) is 0 Å². The molecular formula is C22H25NO6. The average Bonchev–Trinajstić information content (AvgIpc) is 2.72. The van der Waals surface area contributed by atoms with Crippen LogP contribution in [0.4, 0.5) is 5.69 Å². The third kappa shape index (κ3) is 5.71. The first-order chi connectivity index (χ1) is 13.9. The van der Waals surface area contributed by atoms with Crippen LogP contribution in [0.15, 0.2) is 42.5 Å². The Morgan fingerprint density at radius 3 is 2.38 bits per heavy atom. The predicted octanol–water partition coefficient (Wildman–Crippen LogP) is 3.57. The van der Waals surface area contributed by atoms with E-state index in [2.05, 4.69) is 5.32 Å². The van der Waals surface area contributed by atoms with Gasteiger partial charge in [-0.15, -0.1) is 0 Å². The van der Waals surface area contributed by atoms with Crippen LogP contribution >= 0.6 is 0 Å². The lowest BCUT2D eigenvalue weighted by Gasteiger charge is -2.19. The maximum atomic E-state index is 12.4. The summed E-state index contributed by atoms with van der Waals surface area (Å²) in [7, 11) is 0. The van der Waals surface area contributed by atoms with Crippen LogP contribution in [-0.4, -0.2) is 37.3 Å². The molecule has 0 saturated heterocycles. The molecule has 1 heterocycles. The summed E-state index contributed by atoms with van der Waals surface area (Å²) in [5, 5.41) is 2.72. The monoisotopic (exact) mass is 399 g/mol. The minimum absolute atomic E-state index is 0.133. The van der Waals surface area contributed by atoms with Gasteiger partial charge in [-0.05, 0) is 50.6 Å². The number of anilines is 1. The Hall–Kier alpha value is -3.06. The summed E-state index contributed by atoms with van der Waals surface area (Å²) in [6.07, 6.45) is -0.826. The fourth-order valence-electron chi connectivity index (χ4n) is 2.65. The molecule has 1 atom stereocenters. The first kappa shape index (κ1) is 20.7. The molecule has 29 heavy (non-hydrogen) atoms. The number of carbonyl (C=O) groups excluding carboxylic acids is 2. The van der Waals surface area contributed by atoms with Crippen molar-refractivity contribution in [3.8, 4) is 11.5 Å². The molecule has 0 radical (unpaired) electrons. The molecule has 2 aromatic carbocycles. The number of ether oxygens (including phenoxy) is 4. The number of rotatable bonds is 7. The molecule has 0 fully saturated rings. The van der Waals surface area contributed by atoms with Crippen molar-refractivity contribution < 1.29 is 28.5 Å². The number of hydrogen-bond acceptors (Lipinski definition) is 6. The summed E-state index contributed by atoms with van der Waals surface area (Å²) in [6, 6.07) is 12.0. The van der Waals surface area contributed by atoms with Crippen LogP contribution < -0.4 is 14.8 Å². The van der Waals surface area contributed by atoms with Crippen molar-refractivity contribution in [2.45, 2.75) is 39.6 Å².